The molecule has 0 saturated carbocycles. The third-order valence-corrected chi connectivity index (χ3v) is 7.11. The SMILES string of the molecule is COc1cc(C2OC(c3cc(OC)c(O)c(-c4cc(/C=C/C(=O)O)cc(OC)c4O)c3)C(C(=O)O)C2C(=O)O)ccc1O. The molecule has 13 nitrogen and oxygen atoms in total. The molecule has 43 heavy (non-hydrogen) atoms. The van der Waals surface area contributed by atoms with Crippen LogP contribution in [-0.2, 0) is 19.1 Å². The van der Waals surface area contributed by atoms with Crippen molar-refractivity contribution in [2.45, 2.75) is 12.2 Å². The fraction of sp³-hybridized carbons (Fsp3) is 0.233. The van der Waals surface area contributed by atoms with Crippen molar-refractivity contribution in [1.29, 1.82) is 0 Å². The van der Waals surface area contributed by atoms with Crippen LogP contribution < -0.4 is 14.2 Å². The van der Waals surface area contributed by atoms with E-state index in [2.05, 4.69) is 0 Å². The van der Waals surface area contributed by atoms with Crippen LogP contribution in [0.1, 0.15) is 28.9 Å². The highest BCUT2D eigenvalue weighted by molar-refractivity contribution is 5.88. The fourth-order valence-corrected chi connectivity index (χ4v) is 5.12. The maximum Gasteiger partial charge on any atom is 0.328 e. The van der Waals surface area contributed by atoms with Crippen LogP contribution in [0.4, 0.5) is 0 Å². The van der Waals surface area contributed by atoms with Crippen LogP contribution in [0, 0.1) is 11.8 Å². The Morgan fingerprint density at radius 3 is 1.74 bits per heavy atom. The van der Waals surface area contributed by atoms with Gasteiger partial charge in [-0.2, -0.15) is 0 Å². The van der Waals surface area contributed by atoms with Crippen molar-refractivity contribution in [2.24, 2.45) is 11.8 Å². The molecule has 1 fully saturated rings. The summed E-state index contributed by atoms with van der Waals surface area (Å²) in [5.41, 5.74) is 0.527. The second kappa shape index (κ2) is 12.2. The number of phenolic OH excluding ortho intramolecular Hbond substituents is 3. The van der Waals surface area contributed by atoms with Gasteiger partial charge in [-0.1, -0.05) is 6.07 Å². The minimum Gasteiger partial charge on any atom is -0.504 e. The first-order chi connectivity index (χ1) is 20.4. The van der Waals surface area contributed by atoms with Crippen molar-refractivity contribution in [2.75, 3.05) is 21.3 Å². The summed E-state index contributed by atoms with van der Waals surface area (Å²) in [6.45, 7) is 0. The first kappa shape index (κ1) is 30.5. The third kappa shape index (κ3) is 5.83. The summed E-state index contributed by atoms with van der Waals surface area (Å²) in [6.07, 6.45) is -0.587. The predicted octanol–water partition coefficient (Wildman–Crippen LogP) is 3.81. The van der Waals surface area contributed by atoms with Gasteiger partial charge >= 0.3 is 17.9 Å². The molecule has 1 aliphatic rings. The molecule has 3 aromatic carbocycles. The summed E-state index contributed by atoms with van der Waals surface area (Å²) in [4.78, 5) is 36.1. The smallest absolute Gasteiger partial charge is 0.328 e. The highest BCUT2D eigenvalue weighted by atomic mass is 16.5. The number of carboxylic acids is 3. The van der Waals surface area contributed by atoms with Gasteiger partial charge in [-0.05, 0) is 59.2 Å². The molecule has 0 bridgehead atoms. The average molecular weight is 597 g/mol. The summed E-state index contributed by atoms with van der Waals surface area (Å²) in [6, 6.07) is 9.35. The number of ether oxygens (including phenoxy) is 4. The summed E-state index contributed by atoms with van der Waals surface area (Å²) in [5, 5.41) is 61.4. The molecule has 0 aliphatic carbocycles. The number of methoxy groups -OCH3 is 3. The van der Waals surface area contributed by atoms with Gasteiger partial charge < -0.3 is 49.6 Å². The van der Waals surface area contributed by atoms with E-state index >= 15 is 0 Å². The third-order valence-electron chi connectivity index (χ3n) is 7.11. The first-order valence-electron chi connectivity index (χ1n) is 12.6. The van der Waals surface area contributed by atoms with Crippen molar-refractivity contribution in [1.82, 2.24) is 0 Å². The largest absolute Gasteiger partial charge is 0.504 e. The summed E-state index contributed by atoms with van der Waals surface area (Å²) >= 11 is 0. The second-order valence-electron chi connectivity index (χ2n) is 9.55. The Morgan fingerprint density at radius 1 is 0.698 bits per heavy atom. The molecule has 4 unspecified atom stereocenters. The molecule has 6 N–H and O–H groups in total. The molecule has 1 aliphatic heterocycles. The van der Waals surface area contributed by atoms with E-state index in [4.69, 9.17) is 24.1 Å². The lowest BCUT2D eigenvalue weighted by Gasteiger charge is -2.20. The van der Waals surface area contributed by atoms with Gasteiger partial charge in [0.1, 0.15) is 11.8 Å². The Bertz CT molecular complexity index is 1610. The maximum absolute atomic E-state index is 12.5. The molecule has 13 heteroatoms. The Hall–Kier alpha value is -5.43. The van der Waals surface area contributed by atoms with Crippen LogP contribution >= 0.6 is 0 Å². The zero-order valence-electron chi connectivity index (χ0n) is 23.0. The maximum atomic E-state index is 12.5. The number of rotatable bonds is 10. The van der Waals surface area contributed by atoms with Crippen LogP contribution in [0.2, 0.25) is 0 Å². The van der Waals surface area contributed by atoms with Crippen molar-refractivity contribution in [3.8, 4) is 45.6 Å². The van der Waals surface area contributed by atoms with Gasteiger partial charge in [-0.15, -0.1) is 0 Å². The summed E-state index contributed by atoms with van der Waals surface area (Å²) in [7, 11) is 3.81. The van der Waals surface area contributed by atoms with Gasteiger partial charge in [-0.3, -0.25) is 9.59 Å². The number of carboxylic acid groups (broad SMARTS) is 3. The Kier molecular flexibility index (Phi) is 8.66. The quantitative estimate of drug-likeness (QED) is 0.184. The molecule has 0 aromatic heterocycles. The number of aromatic hydroxyl groups is 3. The van der Waals surface area contributed by atoms with E-state index in [1.165, 1.54) is 69.9 Å². The number of aliphatic carboxylic acids is 3. The van der Waals surface area contributed by atoms with Gasteiger partial charge in [0.25, 0.3) is 0 Å². The predicted molar refractivity (Wildman–Crippen MR) is 148 cm³/mol. The highest BCUT2D eigenvalue weighted by Crippen LogP contribution is 2.53. The van der Waals surface area contributed by atoms with Crippen LogP contribution in [0.25, 0.3) is 17.2 Å². The zero-order valence-corrected chi connectivity index (χ0v) is 23.0. The van der Waals surface area contributed by atoms with Gasteiger partial charge in [0, 0.05) is 17.2 Å². The number of carbonyl (C=O) groups is 3. The molecule has 4 atom stereocenters. The van der Waals surface area contributed by atoms with E-state index in [1.807, 2.05) is 0 Å². The van der Waals surface area contributed by atoms with Gasteiger partial charge in [0.05, 0.1) is 33.5 Å². The number of hydrogen-bond acceptors (Lipinski definition) is 10. The average Bonchev–Trinajstić information content (AvgIpc) is 3.38. The second-order valence-corrected chi connectivity index (χ2v) is 9.55. The fourth-order valence-electron chi connectivity index (χ4n) is 5.12. The number of benzene rings is 3. The summed E-state index contributed by atoms with van der Waals surface area (Å²) in [5.74, 6) is -8.64. The molecule has 0 amide bonds. The zero-order chi connectivity index (χ0) is 31.6. The molecule has 1 heterocycles. The molecule has 226 valence electrons. The molecular formula is C30H28O13. The molecule has 4 rings (SSSR count). The van der Waals surface area contributed by atoms with Crippen LogP contribution in [0.3, 0.4) is 0 Å². The van der Waals surface area contributed by atoms with E-state index in [0.29, 0.717) is 0 Å². The molecule has 1 saturated heterocycles. The molecule has 0 radical (unpaired) electrons. The lowest BCUT2D eigenvalue weighted by atomic mass is 9.82. The van der Waals surface area contributed by atoms with Crippen molar-refractivity contribution >= 4 is 24.0 Å². The lowest BCUT2D eigenvalue weighted by Crippen LogP contribution is -2.30. The van der Waals surface area contributed by atoms with E-state index in [1.54, 1.807) is 0 Å². The van der Waals surface area contributed by atoms with E-state index in [-0.39, 0.29) is 50.8 Å². The number of phenols is 3. The van der Waals surface area contributed by atoms with Crippen molar-refractivity contribution < 1.29 is 64.0 Å². The Morgan fingerprint density at radius 2 is 1.21 bits per heavy atom. The normalized spacial score (nSPS) is 19.7. The first-order valence-corrected chi connectivity index (χ1v) is 12.6. The van der Waals surface area contributed by atoms with Crippen LogP contribution in [-0.4, -0.2) is 69.9 Å². The minimum atomic E-state index is -1.63. The van der Waals surface area contributed by atoms with Gasteiger partial charge in [-0.25, -0.2) is 4.79 Å². The van der Waals surface area contributed by atoms with Crippen LogP contribution in [0.15, 0.2) is 48.5 Å². The van der Waals surface area contributed by atoms with E-state index in [9.17, 15) is 39.9 Å². The molecule has 0 spiro atoms. The van der Waals surface area contributed by atoms with Crippen molar-refractivity contribution in [3.63, 3.8) is 0 Å². The molecular weight excluding hydrogens is 568 g/mol. The van der Waals surface area contributed by atoms with E-state index in [0.717, 1.165) is 6.08 Å². The van der Waals surface area contributed by atoms with Gasteiger partial charge in [0.15, 0.2) is 34.5 Å². The summed E-state index contributed by atoms with van der Waals surface area (Å²) < 4.78 is 21.8. The Labute approximate surface area is 244 Å². The number of hydrogen-bond donors (Lipinski definition) is 6. The lowest BCUT2D eigenvalue weighted by molar-refractivity contribution is -0.153. The highest BCUT2D eigenvalue weighted by Gasteiger charge is 2.53. The molecule has 3 aromatic rings. The standard InChI is InChI=1S/C30H28O13/c1-40-19-11-14(5-6-18(19)31)27-23(29(36)37)24(30(38)39)28(43-27)15-10-17(26(35)21(12-15)42-3)16-8-13(4-7-22(32)33)9-20(41-2)25(16)34/h4-12,23-24,27-28,31,34-35H,1-3H3,(H,32,33)(H,36,37)(H,38,39)/b7-4+. The minimum absolute atomic E-state index is 0.0235. The van der Waals surface area contributed by atoms with Crippen LogP contribution in [0.5, 0.6) is 34.5 Å². The Balaban J connectivity index is 1.92. The monoisotopic (exact) mass is 596 g/mol. The van der Waals surface area contributed by atoms with E-state index < -0.39 is 53.5 Å². The van der Waals surface area contributed by atoms with Gasteiger partial charge in [0.2, 0.25) is 0 Å². The topological polar surface area (TPSA) is 210 Å². The van der Waals surface area contributed by atoms with Crippen molar-refractivity contribution in [3.05, 3.63) is 65.2 Å².